The molecule has 0 aromatic heterocycles. The Morgan fingerprint density at radius 3 is 2.86 bits per heavy atom. The molecule has 0 bridgehead atoms. The van der Waals surface area contributed by atoms with Gasteiger partial charge in [-0.15, -0.1) is 6.58 Å². The average Bonchev–Trinajstić information content (AvgIpc) is 2.14. The highest BCUT2D eigenvalue weighted by atomic mass is 35.5. The van der Waals surface area contributed by atoms with Crippen LogP contribution in [0.1, 0.15) is 24.4 Å². The molecule has 0 saturated carbocycles. The van der Waals surface area contributed by atoms with Gasteiger partial charge in [-0.2, -0.15) is 0 Å². The lowest BCUT2D eigenvalue weighted by Gasteiger charge is -2.13. The molecule has 0 fully saturated rings. The first-order valence-electron chi connectivity index (χ1n) is 4.47. The minimum absolute atomic E-state index is 0.339. The summed E-state index contributed by atoms with van der Waals surface area (Å²) in [6.07, 6.45) is 3.17. The molecule has 1 aromatic carbocycles. The van der Waals surface area contributed by atoms with Gasteiger partial charge in [0.25, 0.3) is 0 Å². The van der Waals surface area contributed by atoms with Crippen molar-refractivity contribution in [3.8, 4) is 0 Å². The van der Waals surface area contributed by atoms with Gasteiger partial charge in [0.2, 0.25) is 0 Å². The van der Waals surface area contributed by atoms with Crippen LogP contribution in [-0.4, -0.2) is 0 Å². The Bertz CT molecular complexity index is 305. The second-order valence-corrected chi connectivity index (χ2v) is 3.52. The zero-order valence-electron chi connectivity index (χ0n) is 7.84. The van der Waals surface area contributed by atoms with E-state index in [1.807, 2.05) is 0 Å². The van der Waals surface area contributed by atoms with E-state index >= 15 is 0 Å². The molecule has 1 aromatic rings. The summed E-state index contributed by atoms with van der Waals surface area (Å²) in [5.74, 6) is -0.339. The van der Waals surface area contributed by atoms with E-state index in [0.29, 0.717) is 17.0 Å². The molecule has 0 spiro atoms. The van der Waals surface area contributed by atoms with Crippen LogP contribution in [0.4, 0.5) is 4.39 Å². The van der Waals surface area contributed by atoms with Gasteiger partial charge in [0.15, 0.2) is 0 Å². The van der Waals surface area contributed by atoms with Crippen molar-refractivity contribution in [3.05, 3.63) is 47.3 Å². The molecule has 0 aliphatic rings. The summed E-state index contributed by atoms with van der Waals surface area (Å²) in [5.41, 5.74) is 6.21. The van der Waals surface area contributed by atoms with Gasteiger partial charge in [-0.1, -0.05) is 23.7 Å². The van der Waals surface area contributed by atoms with Gasteiger partial charge in [-0.05, 0) is 25.0 Å². The number of rotatable bonds is 4. The van der Waals surface area contributed by atoms with Crippen LogP contribution in [-0.2, 0) is 0 Å². The van der Waals surface area contributed by atoms with Crippen LogP contribution in [0.5, 0.6) is 0 Å². The van der Waals surface area contributed by atoms with Gasteiger partial charge in [0.1, 0.15) is 5.82 Å². The summed E-state index contributed by atoms with van der Waals surface area (Å²) < 4.78 is 13.3. The number of halogens is 2. The van der Waals surface area contributed by atoms with Crippen molar-refractivity contribution in [2.75, 3.05) is 0 Å². The highest BCUT2D eigenvalue weighted by Gasteiger charge is 2.13. The van der Waals surface area contributed by atoms with Crippen LogP contribution in [0.15, 0.2) is 30.9 Å². The average molecular weight is 214 g/mol. The predicted molar refractivity (Wildman–Crippen MR) is 57.8 cm³/mol. The Labute approximate surface area is 88.4 Å². The maximum atomic E-state index is 13.3. The number of nitrogens with two attached hydrogens (primary N) is 1. The SMILES string of the molecule is C=CCCC(N)c1c(F)cccc1Cl. The minimum atomic E-state index is -0.360. The van der Waals surface area contributed by atoms with E-state index < -0.39 is 0 Å². The molecule has 14 heavy (non-hydrogen) atoms. The number of allylic oxidation sites excluding steroid dienone is 1. The lowest BCUT2D eigenvalue weighted by atomic mass is 10.0. The highest BCUT2D eigenvalue weighted by Crippen LogP contribution is 2.26. The highest BCUT2D eigenvalue weighted by molar-refractivity contribution is 6.31. The standard InChI is InChI=1S/C11H13ClFN/c1-2-3-7-10(14)11-8(12)5-4-6-9(11)13/h2,4-6,10H,1,3,7,14H2. The fourth-order valence-corrected chi connectivity index (χ4v) is 1.61. The molecule has 1 nitrogen and oxygen atoms in total. The molecule has 2 N–H and O–H groups in total. The summed E-state index contributed by atoms with van der Waals surface area (Å²) in [5, 5.41) is 0.390. The van der Waals surface area contributed by atoms with Gasteiger partial charge in [0, 0.05) is 16.6 Å². The normalized spacial score (nSPS) is 12.5. The van der Waals surface area contributed by atoms with Crippen molar-refractivity contribution < 1.29 is 4.39 Å². The number of hydrogen-bond donors (Lipinski definition) is 1. The molecule has 0 aliphatic heterocycles. The second-order valence-electron chi connectivity index (χ2n) is 3.11. The van der Waals surface area contributed by atoms with Gasteiger partial charge in [-0.3, -0.25) is 0 Å². The van der Waals surface area contributed by atoms with E-state index in [4.69, 9.17) is 17.3 Å². The lowest BCUT2D eigenvalue weighted by Crippen LogP contribution is -2.12. The third kappa shape index (κ3) is 2.56. The van der Waals surface area contributed by atoms with E-state index in [1.54, 1.807) is 18.2 Å². The topological polar surface area (TPSA) is 26.0 Å². The quantitative estimate of drug-likeness (QED) is 0.762. The van der Waals surface area contributed by atoms with Gasteiger partial charge in [-0.25, -0.2) is 4.39 Å². The van der Waals surface area contributed by atoms with Crippen molar-refractivity contribution in [2.45, 2.75) is 18.9 Å². The number of benzene rings is 1. The zero-order valence-corrected chi connectivity index (χ0v) is 8.60. The molecule has 1 unspecified atom stereocenters. The minimum Gasteiger partial charge on any atom is -0.324 e. The van der Waals surface area contributed by atoms with E-state index in [1.165, 1.54) is 6.07 Å². The molecule has 0 saturated heterocycles. The summed E-state index contributed by atoms with van der Waals surface area (Å²) in [6, 6.07) is 4.23. The predicted octanol–water partition coefficient (Wildman–Crippen LogP) is 3.45. The fraction of sp³-hybridized carbons (Fsp3) is 0.273. The summed E-state index contributed by atoms with van der Waals surface area (Å²) in [4.78, 5) is 0. The smallest absolute Gasteiger partial charge is 0.129 e. The Balaban J connectivity index is 2.87. The van der Waals surface area contributed by atoms with E-state index in [0.717, 1.165) is 6.42 Å². The van der Waals surface area contributed by atoms with Gasteiger partial charge >= 0.3 is 0 Å². The van der Waals surface area contributed by atoms with E-state index in [-0.39, 0.29) is 11.9 Å². The number of hydrogen-bond acceptors (Lipinski definition) is 1. The van der Waals surface area contributed by atoms with Crippen LogP contribution in [0, 0.1) is 5.82 Å². The lowest BCUT2D eigenvalue weighted by molar-refractivity contribution is 0.567. The molecule has 3 heteroatoms. The molecule has 1 rings (SSSR count). The first-order valence-corrected chi connectivity index (χ1v) is 4.85. The van der Waals surface area contributed by atoms with Crippen LogP contribution >= 0.6 is 11.6 Å². The Morgan fingerprint density at radius 1 is 1.57 bits per heavy atom. The maximum absolute atomic E-state index is 13.3. The molecular weight excluding hydrogens is 201 g/mol. The van der Waals surface area contributed by atoms with Crippen LogP contribution in [0.3, 0.4) is 0 Å². The Hall–Kier alpha value is -0.860. The van der Waals surface area contributed by atoms with Gasteiger partial charge < -0.3 is 5.73 Å². The third-order valence-electron chi connectivity index (χ3n) is 2.05. The van der Waals surface area contributed by atoms with Crippen molar-refractivity contribution >= 4 is 11.6 Å². The first-order chi connectivity index (χ1) is 6.66. The molecule has 0 amide bonds. The maximum Gasteiger partial charge on any atom is 0.129 e. The summed E-state index contributed by atoms with van der Waals surface area (Å²) in [6.45, 7) is 3.59. The van der Waals surface area contributed by atoms with Crippen LogP contribution in [0.2, 0.25) is 5.02 Å². The second kappa shape index (κ2) is 5.13. The summed E-state index contributed by atoms with van der Waals surface area (Å²) in [7, 11) is 0. The molecule has 0 heterocycles. The molecule has 0 radical (unpaired) electrons. The molecule has 76 valence electrons. The van der Waals surface area contributed by atoms with Crippen molar-refractivity contribution in [1.82, 2.24) is 0 Å². The van der Waals surface area contributed by atoms with Crippen LogP contribution in [0.25, 0.3) is 0 Å². The van der Waals surface area contributed by atoms with Crippen LogP contribution < -0.4 is 5.73 Å². The van der Waals surface area contributed by atoms with E-state index in [9.17, 15) is 4.39 Å². The fourth-order valence-electron chi connectivity index (χ4n) is 1.31. The first kappa shape index (κ1) is 11.2. The Kier molecular flexibility index (Phi) is 4.11. The Morgan fingerprint density at radius 2 is 2.29 bits per heavy atom. The molecule has 1 atom stereocenters. The van der Waals surface area contributed by atoms with Gasteiger partial charge in [0.05, 0.1) is 0 Å². The summed E-state index contributed by atoms with van der Waals surface area (Å²) >= 11 is 5.86. The van der Waals surface area contributed by atoms with Crippen molar-refractivity contribution in [1.29, 1.82) is 0 Å². The third-order valence-corrected chi connectivity index (χ3v) is 2.38. The monoisotopic (exact) mass is 213 g/mol. The van der Waals surface area contributed by atoms with Crippen molar-refractivity contribution in [3.63, 3.8) is 0 Å². The van der Waals surface area contributed by atoms with Crippen molar-refractivity contribution in [2.24, 2.45) is 5.73 Å². The molecular formula is C11H13ClFN. The molecule has 0 aliphatic carbocycles. The largest absolute Gasteiger partial charge is 0.324 e. The zero-order chi connectivity index (χ0) is 10.6. The van der Waals surface area contributed by atoms with E-state index in [2.05, 4.69) is 6.58 Å².